The summed E-state index contributed by atoms with van der Waals surface area (Å²) in [6, 6.07) is 27.5. The number of nitrogens with zero attached hydrogens (tertiary/aromatic N) is 1. The van der Waals surface area contributed by atoms with Gasteiger partial charge in [-0.15, -0.1) is 0 Å². The second-order valence-corrected chi connectivity index (χ2v) is 6.44. The van der Waals surface area contributed by atoms with Gasteiger partial charge in [-0.3, -0.25) is 4.79 Å². The fraction of sp³-hybridized carbons (Fsp3) is 0.0455. The minimum atomic E-state index is -0.00290. The minimum absolute atomic E-state index is 0.00290. The lowest BCUT2D eigenvalue weighted by Crippen LogP contribution is -2.22. The van der Waals surface area contributed by atoms with Crippen LogP contribution in [0.15, 0.2) is 89.7 Å². The first-order valence-electron chi connectivity index (χ1n) is 8.15. The molecule has 0 aliphatic carbocycles. The van der Waals surface area contributed by atoms with E-state index in [9.17, 15) is 4.79 Å². The molecule has 0 saturated heterocycles. The van der Waals surface area contributed by atoms with Crippen LogP contribution in [0.2, 0.25) is 5.02 Å². The van der Waals surface area contributed by atoms with Crippen molar-refractivity contribution in [2.24, 2.45) is 0 Å². The Morgan fingerprint density at radius 2 is 1.48 bits per heavy atom. The summed E-state index contributed by atoms with van der Waals surface area (Å²) in [5.74, 6) is 0. The molecule has 1 aromatic heterocycles. The average molecular weight is 346 g/mol. The van der Waals surface area contributed by atoms with Gasteiger partial charge in [0.05, 0.1) is 12.2 Å². The van der Waals surface area contributed by atoms with E-state index in [-0.39, 0.29) is 5.56 Å². The lowest BCUT2D eigenvalue weighted by Gasteiger charge is -2.15. The SMILES string of the molecule is O=c1c2ccc(Cl)cc2cc(-c2ccccc2)n1Cc1ccccc1. The Kier molecular flexibility index (Phi) is 4.12. The molecule has 0 saturated carbocycles. The number of aromatic nitrogens is 1. The molecular weight excluding hydrogens is 330 g/mol. The molecule has 1 heterocycles. The number of pyridine rings is 1. The van der Waals surface area contributed by atoms with E-state index in [1.165, 1.54) is 0 Å². The average Bonchev–Trinajstić information content (AvgIpc) is 2.65. The second-order valence-electron chi connectivity index (χ2n) is 6.00. The molecule has 0 atom stereocenters. The van der Waals surface area contributed by atoms with Crippen molar-refractivity contribution in [1.29, 1.82) is 0 Å². The summed E-state index contributed by atoms with van der Waals surface area (Å²) in [4.78, 5) is 13.2. The summed E-state index contributed by atoms with van der Waals surface area (Å²) in [6.45, 7) is 0.530. The lowest BCUT2D eigenvalue weighted by atomic mass is 10.1. The van der Waals surface area contributed by atoms with Crippen LogP contribution in [0.5, 0.6) is 0 Å². The van der Waals surface area contributed by atoms with E-state index < -0.39 is 0 Å². The van der Waals surface area contributed by atoms with Gasteiger partial charge >= 0.3 is 0 Å². The van der Waals surface area contributed by atoms with Crippen LogP contribution in [0.3, 0.4) is 0 Å². The van der Waals surface area contributed by atoms with E-state index in [2.05, 4.69) is 0 Å². The van der Waals surface area contributed by atoms with Crippen molar-refractivity contribution in [2.45, 2.75) is 6.54 Å². The van der Waals surface area contributed by atoms with E-state index in [1.54, 1.807) is 12.1 Å². The Balaban J connectivity index is 1.99. The fourth-order valence-electron chi connectivity index (χ4n) is 3.10. The zero-order chi connectivity index (χ0) is 17.2. The van der Waals surface area contributed by atoms with Gasteiger partial charge in [0.25, 0.3) is 5.56 Å². The summed E-state index contributed by atoms with van der Waals surface area (Å²) < 4.78 is 1.83. The number of fused-ring (bicyclic) bond motifs is 1. The van der Waals surface area contributed by atoms with Crippen molar-refractivity contribution in [2.75, 3.05) is 0 Å². The maximum absolute atomic E-state index is 13.2. The monoisotopic (exact) mass is 345 g/mol. The van der Waals surface area contributed by atoms with Crippen LogP contribution < -0.4 is 5.56 Å². The van der Waals surface area contributed by atoms with Crippen LogP contribution in [0.1, 0.15) is 5.56 Å². The van der Waals surface area contributed by atoms with Crippen molar-refractivity contribution >= 4 is 22.4 Å². The van der Waals surface area contributed by atoms with E-state index in [4.69, 9.17) is 11.6 Å². The van der Waals surface area contributed by atoms with Crippen LogP contribution in [0.25, 0.3) is 22.0 Å². The summed E-state index contributed by atoms with van der Waals surface area (Å²) in [5.41, 5.74) is 2.99. The molecule has 0 radical (unpaired) electrons. The van der Waals surface area contributed by atoms with Gasteiger partial charge in [0.15, 0.2) is 0 Å². The molecule has 2 nitrogen and oxygen atoms in total. The molecule has 0 unspecified atom stereocenters. The van der Waals surface area contributed by atoms with Crippen LogP contribution in [-0.4, -0.2) is 4.57 Å². The van der Waals surface area contributed by atoms with Gasteiger partial charge in [-0.05, 0) is 40.8 Å². The molecule has 122 valence electrons. The Labute approximate surface area is 150 Å². The molecular formula is C22H16ClNO. The molecule has 25 heavy (non-hydrogen) atoms. The number of halogens is 1. The topological polar surface area (TPSA) is 22.0 Å². The van der Waals surface area contributed by atoms with Crippen molar-refractivity contribution < 1.29 is 0 Å². The molecule has 0 aliphatic heterocycles. The molecule has 4 rings (SSSR count). The number of rotatable bonds is 3. The van der Waals surface area contributed by atoms with Crippen molar-refractivity contribution in [3.8, 4) is 11.3 Å². The first-order valence-corrected chi connectivity index (χ1v) is 8.52. The largest absolute Gasteiger partial charge is 0.303 e. The summed E-state index contributed by atoms with van der Waals surface area (Å²) >= 11 is 6.13. The highest BCUT2D eigenvalue weighted by molar-refractivity contribution is 6.31. The van der Waals surface area contributed by atoms with Gasteiger partial charge in [-0.2, -0.15) is 0 Å². The first-order chi connectivity index (χ1) is 12.2. The van der Waals surface area contributed by atoms with Gasteiger partial charge in [0, 0.05) is 10.4 Å². The molecule has 0 spiro atoms. The smallest absolute Gasteiger partial charge is 0.259 e. The van der Waals surface area contributed by atoms with E-state index in [1.807, 2.05) is 77.4 Å². The maximum Gasteiger partial charge on any atom is 0.259 e. The predicted octanol–water partition coefficient (Wildman–Crippen LogP) is 5.37. The summed E-state index contributed by atoms with van der Waals surface area (Å²) in [6.07, 6.45) is 0. The zero-order valence-corrected chi connectivity index (χ0v) is 14.3. The minimum Gasteiger partial charge on any atom is -0.303 e. The summed E-state index contributed by atoms with van der Waals surface area (Å²) in [5, 5.41) is 2.17. The second kappa shape index (κ2) is 6.58. The number of hydrogen-bond donors (Lipinski definition) is 0. The third kappa shape index (κ3) is 3.09. The molecule has 3 heteroatoms. The van der Waals surface area contributed by atoms with Crippen molar-refractivity contribution in [3.63, 3.8) is 0 Å². The molecule has 0 aliphatic rings. The number of hydrogen-bond acceptors (Lipinski definition) is 1. The van der Waals surface area contributed by atoms with Crippen LogP contribution in [0, 0.1) is 0 Å². The molecule has 0 amide bonds. The van der Waals surface area contributed by atoms with Gasteiger partial charge < -0.3 is 4.57 Å². The van der Waals surface area contributed by atoms with Gasteiger partial charge in [-0.1, -0.05) is 72.3 Å². The predicted molar refractivity (Wildman–Crippen MR) is 104 cm³/mol. The van der Waals surface area contributed by atoms with Crippen LogP contribution in [0.4, 0.5) is 0 Å². The third-order valence-corrected chi connectivity index (χ3v) is 4.56. The highest BCUT2D eigenvalue weighted by Crippen LogP contribution is 2.25. The first kappa shape index (κ1) is 15.7. The van der Waals surface area contributed by atoms with Crippen LogP contribution in [-0.2, 0) is 6.54 Å². The number of benzene rings is 3. The molecule has 0 bridgehead atoms. The van der Waals surface area contributed by atoms with Crippen LogP contribution >= 0.6 is 11.6 Å². The standard InChI is InChI=1S/C22H16ClNO/c23-19-11-12-20-18(13-19)14-21(17-9-5-2-6-10-17)24(22(20)25)15-16-7-3-1-4-8-16/h1-14H,15H2. The molecule has 3 aromatic carbocycles. The quantitative estimate of drug-likeness (QED) is 0.489. The van der Waals surface area contributed by atoms with E-state index in [0.717, 1.165) is 22.2 Å². The van der Waals surface area contributed by atoms with Gasteiger partial charge in [0.2, 0.25) is 0 Å². The Morgan fingerprint density at radius 3 is 2.20 bits per heavy atom. The molecule has 0 N–H and O–H groups in total. The fourth-order valence-corrected chi connectivity index (χ4v) is 3.28. The normalized spacial score (nSPS) is 10.9. The zero-order valence-electron chi connectivity index (χ0n) is 13.5. The Hall–Kier alpha value is -2.84. The van der Waals surface area contributed by atoms with E-state index in [0.29, 0.717) is 17.0 Å². The highest BCUT2D eigenvalue weighted by Gasteiger charge is 2.12. The maximum atomic E-state index is 13.2. The lowest BCUT2D eigenvalue weighted by molar-refractivity contribution is 0.777. The summed E-state index contributed by atoms with van der Waals surface area (Å²) in [7, 11) is 0. The molecule has 4 aromatic rings. The van der Waals surface area contributed by atoms with E-state index >= 15 is 0 Å². The van der Waals surface area contributed by atoms with Crippen molar-refractivity contribution in [1.82, 2.24) is 4.57 Å². The Bertz CT molecular complexity index is 1090. The van der Waals surface area contributed by atoms with Crippen molar-refractivity contribution in [3.05, 3.63) is 106 Å². The Morgan fingerprint density at radius 1 is 0.800 bits per heavy atom. The third-order valence-electron chi connectivity index (χ3n) is 4.33. The van der Waals surface area contributed by atoms with Gasteiger partial charge in [0.1, 0.15) is 0 Å². The highest BCUT2D eigenvalue weighted by atomic mass is 35.5. The van der Waals surface area contributed by atoms with Gasteiger partial charge in [-0.25, -0.2) is 0 Å². The molecule has 0 fully saturated rings.